The van der Waals surface area contributed by atoms with Gasteiger partial charge in [-0.1, -0.05) is 12.1 Å². The lowest BCUT2D eigenvalue weighted by Gasteiger charge is -2.16. The van der Waals surface area contributed by atoms with Gasteiger partial charge in [0.15, 0.2) is 6.10 Å². The minimum Gasteiger partial charge on any atom is -0.481 e. The second-order valence-corrected chi connectivity index (χ2v) is 4.64. The highest BCUT2D eigenvalue weighted by molar-refractivity contribution is 5.81. The summed E-state index contributed by atoms with van der Waals surface area (Å²) in [5, 5.41) is 12.3. The van der Waals surface area contributed by atoms with Crippen LogP contribution in [0.1, 0.15) is 37.9 Å². The second kappa shape index (κ2) is 5.87. The van der Waals surface area contributed by atoms with Gasteiger partial charge < -0.3 is 15.2 Å². The van der Waals surface area contributed by atoms with Crippen LogP contribution in [0.5, 0.6) is 5.75 Å². The van der Waals surface area contributed by atoms with Crippen LogP contribution in [0.4, 0.5) is 0 Å². The molecule has 1 heterocycles. The molecule has 1 aromatic rings. The molecule has 1 aliphatic heterocycles. The van der Waals surface area contributed by atoms with Crippen LogP contribution in [0.15, 0.2) is 24.3 Å². The molecule has 18 heavy (non-hydrogen) atoms. The summed E-state index contributed by atoms with van der Waals surface area (Å²) in [6.07, 6.45) is 1.87. The molecule has 1 saturated heterocycles. The minimum absolute atomic E-state index is 0.0351. The monoisotopic (exact) mass is 249 g/mol. The number of aliphatic hydroxyl groups is 1. The summed E-state index contributed by atoms with van der Waals surface area (Å²) in [5.41, 5.74) is 0.840. The molecule has 2 atom stereocenters. The molecule has 1 fully saturated rings. The Bertz CT molecular complexity index is 400. The Morgan fingerprint density at radius 2 is 2.06 bits per heavy atom. The summed E-state index contributed by atoms with van der Waals surface area (Å²) in [6.45, 7) is 2.45. The van der Waals surface area contributed by atoms with Crippen molar-refractivity contribution in [2.24, 2.45) is 0 Å². The van der Waals surface area contributed by atoms with E-state index in [1.165, 1.54) is 0 Å². The van der Waals surface area contributed by atoms with E-state index in [4.69, 9.17) is 4.74 Å². The number of carbonyl (C=O) groups is 1. The standard InChI is InChI=1S/C14H19NO3/c1-10(16)11-5-7-12(8-6-11)18-13-4-2-3-9-15-14(13)17/h5-8,10,13,16H,2-4,9H2,1H3,(H,15,17)/t10-,13?/m1/s1. The predicted molar refractivity (Wildman–Crippen MR) is 68.4 cm³/mol. The zero-order chi connectivity index (χ0) is 13.0. The van der Waals surface area contributed by atoms with Gasteiger partial charge in [-0.25, -0.2) is 0 Å². The van der Waals surface area contributed by atoms with Crippen LogP contribution < -0.4 is 10.1 Å². The largest absolute Gasteiger partial charge is 0.481 e. The van der Waals surface area contributed by atoms with Crippen LogP contribution in [-0.2, 0) is 4.79 Å². The molecule has 1 unspecified atom stereocenters. The van der Waals surface area contributed by atoms with E-state index in [9.17, 15) is 9.90 Å². The highest BCUT2D eigenvalue weighted by Crippen LogP contribution is 2.20. The third-order valence-electron chi connectivity index (χ3n) is 3.13. The van der Waals surface area contributed by atoms with E-state index in [0.717, 1.165) is 31.4 Å². The van der Waals surface area contributed by atoms with Gasteiger partial charge in [-0.15, -0.1) is 0 Å². The van der Waals surface area contributed by atoms with E-state index >= 15 is 0 Å². The van der Waals surface area contributed by atoms with Crippen molar-refractivity contribution in [3.8, 4) is 5.75 Å². The lowest BCUT2D eigenvalue weighted by Crippen LogP contribution is -2.36. The normalized spacial score (nSPS) is 21.9. The summed E-state index contributed by atoms with van der Waals surface area (Å²) in [4.78, 5) is 11.7. The fourth-order valence-corrected chi connectivity index (χ4v) is 2.01. The van der Waals surface area contributed by atoms with E-state index in [-0.39, 0.29) is 5.91 Å². The molecular formula is C14H19NO3. The number of hydrogen-bond donors (Lipinski definition) is 2. The number of amides is 1. The lowest BCUT2D eigenvalue weighted by atomic mass is 10.1. The third kappa shape index (κ3) is 3.23. The van der Waals surface area contributed by atoms with E-state index < -0.39 is 12.2 Å². The molecule has 0 bridgehead atoms. The van der Waals surface area contributed by atoms with Crippen molar-refractivity contribution >= 4 is 5.91 Å². The molecule has 0 radical (unpaired) electrons. The Morgan fingerprint density at radius 3 is 2.72 bits per heavy atom. The highest BCUT2D eigenvalue weighted by atomic mass is 16.5. The van der Waals surface area contributed by atoms with Crippen LogP contribution in [0, 0.1) is 0 Å². The van der Waals surface area contributed by atoms with E-state index in [2.05, 4.69) is 5.32 Å². The van der Waals surface area contributed by atoms with Gasteiger partial charge >= 0.3 is 0 Å². The van der Waals surface area contributed by atoms with Crippen molar-refractivity contribution in [2.75, 3.05) is 6.54 Å². The summed E-state index contributed by atoms with van der Waals surface area (Å²) in [6, 6.07) is 7.21. The van der Waals surface area contributed by atoms with Crippen molar-refractivity contribution in [1.82, 2.24) is 5.32 Å². The van der Waals surface area contributed by atoms with Gasteiger partial charge in [0.05, 0.1) is 6.10 Å². The van der Waals surface area contributed by atoms with Gasteiger partial charge in [-0.2, -0.15) is 0 Å². The zero-order valence-electron chi connectivity index (χ0n) is 10.6. The SMILES string of the molecule is C[C@@H](O)c1ccc(OC2CCCCNC2=O)cc1. The molecule has 1 aliphatic rings. The molecular weight excluding hydrogens is 230 g/mol. The number of hydrogen-bond acceptors (Lipinski definition) is 3. The number of nitrogens with one attached hydrogen (secondary N) is 1. The van der Waals surface area contributed by atoms with Crippen LogP contribution in [0.25, 0.3) is 0 Å². The number of benzene rings is 1. The molecule has 2 N–H and O–H groups in total. The van der Waals surface area contributed by atoms with Gasteiger partial charge in [0.2, 0.25) is 0 Å². The molecule has 1 amide bonds. The van der Waals surface area contributed by atoms with Crippen molar-refractivity contribution in [3.63, 3.8) is 0 Å². The zero-order valence-corrected chi connectivity index (χ0v) is 10.6. The quantitative estimate of drug-likeness (QED) is 0.858. The van der Waals surface area contributed by atoms with Crippen LogP contribution in [0.2, 0.25) is 0 Å². The molecule has 2 rings (SSSR count). The minimum atomic E-state index is -0.486. The Labute approximate surface area is 107 Å². The first-order valence-corrected chi connectivity index (χ1v) is 6.39. The Morgan fingerprint density at radius 1 is 1.33 bits per heavy atom. The Hall–Kier alpha value is -1.55. The van der Waals surface area contributed by atoms with Crippen molar-refractivity contribution in [3.05, 3.63) is 29.8 Å². The van der Waals surface area contributed by atoms with E-state index in [1.807, 2.05) is 12.1 Å². The lowest BCUT2D eigenvalue weighted by molar-refractivity contribution is -0.127. The Kier molecular flexibility index (Phi) is 4.20. The van der Waals surface area contributed by atoms with Gasteiger partial charge in [-0.3, -0.25) is 4.79 Å². The van der Waals surface area contributed by atoms with Crippen LogP contribution >= 0.6 is 0 Å². The summed E-state index contributed by atoms with van der Waals surface area (Å²) < 4.78 is 5.69. The Balaban J connectivity index is 2.01. The first-order valence-electron chi connectivity index (χ1n) is 6.39. The molecule has 4 heteroatoms. The fraction of sp³-hybridized carbons (Fsp3) is 0.500. The fourth-order valence-electron chi connectivity index (χ4n) is 2.01. The summed E-state index contributed by atoms with van der Waals surface area (Å²) in [5.74, 6) is 0.633. The van der Waals surface area contributed by atoms with E-state index in [1.54, 1.807) is 19.1 Å². The predicted octanol–water partition coefficient (Wildman–Crippen LogP) is 1.79. The third-order valence-corrected chi connectivity index (χ3v) is 3.13. The molecule has 98 valence electrons. The molecule has 0 aliphatic carbocycles. The van der Waals surface area contributed by atoms with Gasteiger partial charge in [0.1, 0.15) is 5.75 Å². The number of carbonyl (C=O) groups excluding carboxylic acids is 1. The molecule has 0 spiro atoms. The van der Waals surface area contributed by atoms with Crippen LogP contribution in [0.3, 0.4) is 0 Å². The summed E-state index contributed by atoms with van der Waals surface area (Å²) in [7, 11) is 0. The first-order chi connectivity index (χ1) is 8.66. The average Bonchev–Trinajstić information content (AvgIpc) is 2.56. The maximum atomic E-state index is 11.7. The van der Waals surface area contributed by atoms with E-state index in [0.29, 0.717) is 5.75 Å². The van der Waals surface area contributed by atoms with Crippen LogP contribution in [-0.4, -0.2) is 23.7 Å². The molecule has 4 nitrogen and oxygen atoms in total. The number of aliphatic hydroxyl groups excluding tert-OH is 1. The first kappa shape index (κ1) is 12.9. The summed E-state index contributed by atoms with van der Waals surface area (Å²) >= 11 is 0. The van der Waals surface area contributed by atoms with Crippen molar-refractivity contribution in [1.29, 1.82) is 0 Å². The van der Waals surface area contributed by atoms with Crippen molar-refractivity contribution < 1.29 is 14.6 Å². The molecule has 0 aromatic heterocycles. The average molecular weight is 249 g/mol. The van der Waals surface area contributed by atoms with Gasteiger partial charge in [0.25, 0.3) is 5.91 Å². The van der Waals surface area contributed by atoms with Gasteiger partial charge in [-0.05, 0) is 43.9 Å². The molecule has 0 saturated carbocycles. The van der Waals surface area contributed by atoms with Crippen molar-refractivity contribution in [2.45, 2.75) is 38.4 Å². The molecule has 1 aromatic carbocycles. The smallest absolute Gasteiger partial charge is 0.261 e. The van der Waals surface area contributed by atoms with Gasteiger partial charge in [0, 0.05) is 6.54 Å². The number of ether oxygens (including phenoxy) is 1. The maximum Gasteiger partial charge on any atom is 0.261 e. The topological polar surface area (TPSA) is 58.6 Å². The maximum absolute atomic E-state index is 11.7. The highest BCUT2D eigenvalue weighted by Gasteiger charge is 2.22. The number of rotatable bonds is 3. The second-order valence-electron chi connectivity index (χ2n) is 4.64.